The van der Waals surface area contributed by atoms with Gasteiger partial charge in [0.1, 0.15) is 17.3 Å². The van der Waals surface area contributed by atoms with Crippen molar-refractivity contribution in [3.05, 3.63) is 82.9 Å². The highest BCUT2D eigenvalue weighted by atomic mass is 19.1. The van der Waals surface area contributed by atoms with Crippen LogP contribution >= 0.6 is 0 Å². The second-order valence-corrected chi connectivity index (χ2v) is 7.38. The Morgan fingerprint density at radius 1 is 1.13 bits per heavy atom. The first kappa shape index (κ1) is 20.6. The van der Waals surface area contributed by atoms with E-state index in [2.05, 4.69) is 10.4 Å². The van der Waals surface area contributed by atoms with Gasteiger partial charge in [-0.25, -0.2) is 4.39 Å². The first-order valence-electron chi connectivity index (χ1n) is 10.1. The largest absolute Gasteiger partial charge is 0.497 e. The number of rotatable bonds is 6. The summed E-state index contributed by atoms with van der Waals surface area (Å²) in [4.78, 5) is 27.3. The van der Waals surface area contributed by atoms with Crippen molar-refractivity contribution in [1.82, 2.24) is 20.0 Å². The zero-order valence-corrected chi connectivity index (χ0v) is 17.2. The molecule has 8 heteroatoms. The summed E-state index contributed by atoms with van der Waals surface area (Å²) < 4.78 is 20.3. The molecule has 3 aromatic rings. The maximum atomic E-state index is 13.5. The van der Waals surface area contributed by atoms with Crippen LogP contribution in [0.3, 0.4) is 0 Å². The van der Waals surface area contributed by atoms with Crippen LogP contribution in [-0.2, 0) is 19.6 Å². The lowest BCUT2D eigenvalue weighted by Gasteiger charge is -2.20. The molecule has 1 N–H and O–H groups in total. The Labute approximate surface area is 179 Å². The van der Waals surface area contributed by atoms with E-state index >= 15 is 0 Å². The van der Waals surface area contributed by atoms with Crippen LogP contribution in [0.25, 0.3) is 0 Å². The number of carbonyl (C=O) groups excluding carboxylic acids is 2. The average Bonchev–Trinajstić information content (AvgIpc) is 3.15. The highest BCUT2D eigenvalue weighted by Gasteiger charge is 2.26. The van der Waals surface area contributed by atoms with Gasteiger partial charge in [0.2, 0.25) is 0 Å². The van der Waals surface area contributed by atoms with Crippen molar-refractivity contribution in [1.29, 1.82) is 0 Å². The number of hydrogen-bond donors (Lipinski definition) is 1. The number of ether oxygens (including phenoxy) is 1. The molecule has 160 valence electrons. The zero-order chi connectivity index (χ0) is 21.8. The Hall–Kier alpha value is -3.68. The summed E-state index contributed by atoms with van der Waals surface area (Å²) in [6.45, 7) is 1.69. The molecule has 0 atom stereocenters. The number of carbonyl (C=O) groups is 2. The molecular weight excluding hydrogens is 399 g/mol. The Morgan fingerprint density at radius 3 is 2.74 bits per heavy atom. The normalized spacial score (nSPS) is 13.5. The zero-order valence-electron chi connectivity index (χ0n) is 17.2. The van der Waals surface area contributed by atoms with E-state index in [0.29, 0.717) is 44.0 Å². The Kier molecular flexibility index (Phi) is 5.97. The molecule has 2 aromatic carbocycles. The third kappa shape index (κ3) is 4.74. The minimum Gasteiger partial charge on any atom is -0.497 e. The molecular formula is C23H23FN4O3. The van der Waals surface area contributed by atoms with Gasteiger partial charge in [-0.15, -0.1) is 0 Å². The number of methoxy groups -OCH3 is 1. The van der Waals surface area contributed by atoms with Gasteiger partial charge in [0.05, 0.1) is 7.11 Å². The standard InChI is InChI=1S/C23H23FN4O3/c1-31-19-8-3-5-16(12-19)14-25-22(29)20-13-21-23(30)27(9-4-10-28(21)26-20)15-17-6-2-7-18(24)11-17/h2-3,5-8,11-13H,4,9-10,14-15H2,1H3,(H,25,29). The van der Waals surface area contributed by atoms with E-state index in [9.17, 15) is 14.0 Å². The van der Waals surface area contributed by atoms with Gasteiger partial charge in [-0.1, -0.05) is 24.3 Å². The molecule has 7 nitrogen and oxygen atoms in total. The van der Waals surface area contributed by atoms with Crippen LogP contribution in [0.4, 0.5) is 4.39 Å². The van der Waals surface area contributed by atoms with E-state index < -0.39 is 0 Å². The molecule has 1 aliphatic heterocycles. The first-order valence-corrected chi connectivity index (χ1v) is 10.1. The van der Waals surface area contributed by atoms with Crippen molar-refractivity contribution in [3.63, 3.8) is 0 Å². The highest BCUT2D eigenvalue weighted by molar-refractivity contribution is 5.98. The van der Waals surface area contributed by atoms with Gasteiger partial charge in [0, 0.05) is 32.2 Å². The second kappa shape index (κ2) is 8.99. The van der Waals surface area contributed by atoms with Crippen LogP contribution in [-0.4, -0.2) is 40.1 Å². The monoisotopic (exact) mass is 422 g/mol. The van der Waals surface area contributed by atoms with Crippen molar-refractivity contribution >= 4 is 11.8 Å². The number of fused-ring (bicyclic) bond motifs is 1. The van der Waals surface area contributed by atoms with Crippen molar-refractivity contribution in [2.24, 2.45) is 0 Å². The fourth-order valence-corrected chi connectivity index (χ4v) is 3.61. The first-order chi connectivity index (χ1) is 15.0. The fourth-order valence-electron chi connectivity index (χ4n) is 3.61. The quantitative estimate of drug-likeness (QED) is 0.663. The predicted octanol–water partition coefficient (Wildman–Crippen LogP) is 3.01. The van der Waals surface area contributed by atoms with Crippen molar-refractivity contribution in [2.45, 2.75) is 26.1 Å². The summed E-state index contributed by atoms with van der Waals surface area (Å²) >= 11 is 0. The maximum absolute atomic E-state index is 13.5. The summed E-state index contributed by atoms with van der Waals surface area (Å²) in [6.07, 6.45) is 0.695. The highest BCUT2D eigenvalue weighted by Crippen LogP contribution is 2.18. The smallest absolute Gasteiger partial charge is 0.272 e. The number of hydrogen-bond acceptors (Lipinski definition) is 4. The van der Waals surface area contributed by atoms with Crippen molar-refractivity contribution in [3.8, 4) is 5.75 Å². The lowest BCUT2D eigenvalue weighted by molar-refractivity contribution is 0.0745. The van der Waals surface area contributed by atoms with E-state index in [0.717, 1.165) is 11.1 Å². The number of aromatic nitrogens is 2. The minimum absolute atomic E-state index is 0.193. The molecule has 0 unspecified atom stereocenters. The maximum Gasteiger partial charge on any atom is 0.272 e. The molecule has 1 aliphatic rings. The van der Waals surface area contributed by atoms with Crippen LogP contribution in [0.5, 0.6) is 5.75 Å². The lowest BCUT2D eigenvalue weighted by Crippen LogP contribution is -2.30. The molecule has 2 heterocycles. The van der Waals surface area contributed by atoms with Crippen molar-refractivity contribution < 1.29 is 18.7 Å². The van der Waals surface area contributed by atoms with E-state index in [1.54, 1.807) is 28.8 Å². The van der Waals surface area contributed by atoms with Gasteiger partial charge in [0.25, 0.3) is 11.8 Å². The average molecular weight is 422 g/mol. The predicted molar refractivity (Wildman–Crippen MR) is 112 cm³/mol. The van der Waals surface area contributed by atoms with E-state index in [-0.39, 0.29) is 23.3 Å². The van der Waals surface area contributed by atoms with Crippen LogP contribution in [0, 0.1) is 5.82 Å². The number of benzene rings is 2. The van der Waals surface area contributed by atoms with Crippen LogP contribution in [0.15, 0.2) is 54.6 Å². The van der Waals surface area contributed by atoms with Gasteiger partial charge in [0.15, 0.2) is 5.69 Å². The molecule has 2 amide bonds. The molecule has 0 saturated heterocycles. The van der Waals surface area contributed by atoms with Crippen LogP contribution in [0.2, 0.25) is 0 Å². The summed E-state index contributed by atoms with van der Waals surface area (Å²) in [7, 11) is 1.59. The number of nitrogens with one attached hydrogen (secondary N) is 1. The number of amides is 2. The summed E-state index contributed by atoms with van der Waals surface area (Å²) in [6, 6.07) is 15.1. The summed E-state index contributed by atoms with van der Waals surface area (Å²) in [5.74, 6) is -0.196. The molecule has 4 rings (SSSR count). The van der Waals surface area contributed by atoms with E-state index in [1.807, 2.05) is 24.3 Å². The van der Waals surface area contributed by atoms with E-state index in [1.165, 1.54) is 18.2 Å². The number of aryl methyl sites for hydroxylation is 1. The SMILES string of the molecule is COc1cccc(CNC(=O)c2cc3n(n2)CCCN(Cc2cccc(F)c2)C3=O)c1. The van der Waals surface area contributed by atoms with Crippen molar-refractivity contribution in [2.75, 3.05) is 13.7 Å². The summed E-state index contributed by atoms with van der Waals surface area (Å²) in [5.41, 5.74) is 2.17. The van der Waals surface area contributed by atoms with Gasteiger partial charge in [-0.3, -0.25) is 14.3 Å². The third-order valence-corrected chi connectivity index (χ3v) is 5.17. The van der Waals surface area contributed by atoms with Crippen LogP contribution in [0.1, 0.15) is 38.5 Å². The molecule has 0 radical (unpaired) electrons. The molecule has 0 fully saturated rings. The summed E-state index contributed by atoms with van der Waals surface area (Å²) in [5, 5.41) is 7.16. The topological polar surface area (TPSA) is 76.5 Å². The van der Waals surface area contributed by atoms with Gasteiger partial charge in [-0.05, 0) is 41.8 Å². The molecule has 0 bridgehead atoms. The number of halogens is 1. The fraction of sp³-hybridized carbons (Fsp3) is 0.261. The minimum atomic E-state index is -0.354. The second-order valence-electron chi connectivity index (χ2n) is 7.38. The van der Waals surface area contributed by atoms with Gasteiger partial charge < -0.3 is 15.0 Å². The van der Waals surface area contributed by atoms with Crippen LogP contribution < -0.4 is 10.1 Å². The molecule has 0 spiro atoms. The Bertz CT molecular complexity index is 1110. The van der Waals surface area contributed by atoms with Gasteiger partial charge in [-0.2, -0.15) is 5.10 Å². The molecule has 0 saturated carbocycles. The molecule has 31 heavy (non-hydrogen) atoms. The lowest BCUT2D eigenvalue weighted by atomic mass is 10.2. The third-order valence-electron chi connectivity index (χ3n) is 5.17. The molecule has 1 aromatic heterocycles. The number of nitrogens with zero attached hydrogens (tertiary/aromatic N) is 3. The van der Waals surface area contributed by atoms with Gasteiger partial charge >= 0.3 is 0 Å². The Balaban J connectivity index is 1.46. The molecule has 0 aliphatic carbocycles. The Morgan fingerprint density at radius 2 is 1.94 bits per heavy atom. The van der Waals surface area contributed by atoms with E-state index in [4.69, 9.17) is 4.74 Å².